The van der Waals surface area contributed by atoms with E-state index in [0.717, 1.165) is 38.4 Å². The van der Waals surface area contributed by atoms with Crippen LogP contribution in [0, 0.1) is 5.92 Å². The average Bonchev–Trinajstić information content (AvgIpc) is 3.34. The van der Waals surface area contributed by atoms with Crippen molar-refractivity contribution < 1.29 is 4.79 Å². The van der Waals surface area contributed by atoms with Crippen molar-refractivity contribution in [1.82, 2.24) is 10.2 Å². The highest BCUT2D eigenvalue weighted by molar-refractivity contribution is 5.78. The van der Waals surface area contributed by atoms with E-state index in [1.807, 2.05) is 0 Å². The van der Waals surface area contributed by atoms with Crippen molar-refractivity contribution in [2.45, 2.75) is 38.0 Å². The summed E-state index contributed by atoms with van der Waals surface area (Å²) < 4.78 is 0. The van der Waals surface area contributed by atoms with Gasteiger partial charge in [-0.15, -0.1) is 0 Å². The maximum absolute atomic E-state index is 12.3. The summed E-state index contributed by atoms with van der Waals surface area (Å²) in [6, 6.07) is 10.7. The van der Waals surface area contributed by atoms with E-state index in [2.05, 4.69) is 40.5 Å². The van der Waals surface area contributed by atoms with Gasteiger partial charge in [-0.05, 0) is 56.0 Å². The number of likely N-dealkylation sites (tertiary alicyclic amines) is 1. The number of nitrogens with zero attached hydrogens (tertiary/aromatic N) is 1. The molecule has 21 heavy (non-hydrogen) atoms. The lowest BCUT2D eigenvalue weighted by atomic mass is 9.92. The zero-order valence-corrected chi connectivity index (χ0v) is 12.8. The summed E-state index contributed by atoms with van der Waals surface area (Å²) in [6.45, 7) is 3.37. The van der Waals surface area contributed by atoms with Gasteiger partial charge in [-0.25, -0.2) is 0 Å². The lowest BCUT2D eigenvalue weighted by molar-refractivity contribution is -0.130. The molecule has 1 aromatic carbocycles. The van der Waals surface area contributed by atoms with Crippen LogP contribution in [0.5, 0.6) is 0 Å². The maximum Gasteiger partial charge on any atom is 0.236 e. The molecule has 3 rings (SSSR count). The summed E-state index contributed by atoms with van der Waals surface area (Å²) in [4.78, 5) is 14.3. The van der Waals surface area contributed by atoms with Gasteiger partial charge in [0.2, 0.25) is 5.91 Å². The fraction of sp³-hybridized carbons (Fsp3) is 0.611. The van der Waals surface area contributed by atoms with Crippen LogP contribution in [0.3, 0.4) is 0 Å². The van der Waals surface area contributed by atoms with Crippen LogP contribution in [0.25, 0.3) is 0 Å². The molecule has 1 N–H and O–H groups in total. The van der Waals surface area contributed by atoms with E-state index in [0.29, 0.717) is 12.5 Å². The summed E-state index contributed by atoms with van der Waals surface area (Å²) in [7, 11) is 0. The average molecular weight is 286 g/mol. The molecule has 1 saturated carbocycles. The van der Waals surface area contributed by atoms with E-state index < -0.39 is 0 Å². The first kappa shape index (κ1) is 14.6. The molecule has 2 fully saturated rings. The molecule has 0 spiro atoms. The summed E-state index contributed by atoms with van der Waals surface area (Å²) >= 11 is 0. The van der Waals surface area contributed by atoms with Crippen LogP contribution in [0.15, 0.2) is 30.3 Å². The minimum atomic E-state index is 0.282. The second kappa shape index (κ2) is 7.08. The normalized spacial score (nSPS) is 22.9. The van der Waals surface area contributed by atoms with Gasteiger partial charge in [-0.3, -0.25) is 4.79 Å². The standard InChI is InChI=1S/C18H26N2O/c21-18(14-19-13-15-8-9-15)20-11-4-7-17(10-12-20)16-5-2-1-3-6-16/h1-3,5-6,15,17,19H,4,7-14H2. The Balaban J connectivity index is 1.46. The van der Waals surface area contributed by atoms with Gasteiger partial charge in [0, 0.05) is 13.1 Å². The van der Waals surface area contributed by atoms with Crippen molar-refractivity contribution in [3.63, 3.8) is 0 Å². The van der Waals surface area contributed by atoms with Crippen LogP contribution in [0.4, 0.5) is 0 Å². The van der Waals surface area contributed by atoms with Crippen LogP contribution < -0.4 is 5.32 Å². The molecule has 1 unspecified atom stereocenters. The summed E-state index contributed by atoms with van der Waals surface area (Å²) in [5.41, 5.74) is 1.43. The van der Waals surface area contributed by atoms with Crippen LogP contribution in [0.2, 0.25) is 0 Å². The van der Waals surface area contributed by atoms with Gasteiger partial charge in [0.25, 0.3) is 0 Å². The smallest absolute Gasteiger partial charge is 0.236 e. The predicted molar refractivity (Wildman–Crippen MR) is 85.2 cm³/mol. The Morgan fingerprint density at radius 3 is 2.67 bits per heavy atom. The summed E-state index contributed by atoms with van der Waals surface area (Å²) in [6.07, 6.45) is 6.09. The molecule has 3 heteroatoms. The van der Waals surface area contributed by atoms with Gasteiger partial charge in [0.1, 0.15) is 0 Å². The van der Waals surface area contributed by atoms with Gasteiger partial charge in [0.05, 0.1) is 6.54 Å². The fourth-order valence-corrected chi connectivity index (χ4v) is 3.22. The zero-order valence-electron chi connectivity index (χ0n) is 12.8. The molecule has 114 valence electrons. The number of carbonyl (C=O) groups is 1. The van der Waals surface area contributed by atoms with E-state index >= 15 is 0 Å². The maximum atomic E-state index is 12.3. The molecule has 1 aromatic rings. The molecule has 3 nitrogen and oxygen atoms in total. The first-order valence-corrected chi connectivity index (χ1v) is 8.36. The van der Waals surface area contributed by atoms with Crippen LogP contribution in [-0.2, 0) is 4.79 Å². The number of benzene rings is 1. The molecule has 0 bridgehead atoms. The number of nitrogens with one attached hydrogen (secondary N) is 1. The van der Waals surface area contributed by atoms with Crippen molar-refractivity contribution >= 4 is 5.91 Å². The van der Waals surface area contributed by atoms with Gasteiger partial charge >= 0.3 is 0 Å². The molecule has 1 aliphatic carbocycles. The second-order valence-electron chi connectivity index (χ2n) is 6.49. The van der Waals surface area contributed by atoms with Crippen molar-refractivity contribution in [2.24, 2.45) is 5.92 Å². The molecule has 1 saturated heterocycles. The molecular weight excluding hydrogens is 260 g/mol. The van der Waals surface area contributed by atoms with Crippen LogP contribution >= 0.6 is 0 Å². The Labute approximate surface area is 127 Å². The number of carbonyl (C=O) groups excluding carboxylic acids is 1. The van der Waals surface area contributed by atoms with Gasteiger partial charge < -0.3 is 10.2 Å². The van der Waals surface area contributed by atoms with Gasteiger partial charge in [-0.1, -0.05) is 30.3 Å². The molecule has 2 aliphatic rings. The highest BCUT2D eigenvalue weighted by atomic mass is 16.2. The molecule has 0 radical (unpaired) electrons. The highest BCUT2D eigenvalue weighted by Gasteiger charge is 2.23. The largest absolute Gasteiger partial charge is 0.342 e. The van der Waals surface area contributed by atoms with Gasteiger partial charge in [0.15, 0.2) is 0 Å². The number of amides is 1. The minimum Gasteiger partial charge on any atom is -0.342 e. The lowest BCUT2D eigenvalue weighted by Crippen LogP contribution is -2.39. The SMILES string of the molecule is O=C(CNCC1CC1)N1CCCC(c2ccccc2)CC1. The molecular formula is C18H26N2O. The van der Waals surface area contributed by atoms with E-state index in [4.69, 9.17) is 0 Å². The summed E-state index contributed by atoms with van der Waals surface area (Å²) in [5.74, 6) is 1.73. The topological polar surface area (TPSA) is 32.3 Å². The Morgan fingerprint density at radius 1 is 1.10 bits per heavy atom. The number of hydrogen-bond donors (Lipinski definition) is 1. The third kappa shape index (κ3) is 4.31. The highest BCUT2D eigenvalue weighted by Crippen LogP contribution is 2.28. The van der Waals surface area contributed by atoms with E-state index in [-0.39, 0.29) is 5.91 Å². The monoisotopic (exact) mass is 286 g/mol. The molecule has 1 amide bonds. The molecule has 1 atom stereocenters. The Morgan fingerprint density at radius 2 is 1.90 bits per heavy atom. The lowest BCUT2D eigenvalue weighted by Gasteiger charge is -2.21. The van der Waals surface area contributed by atoms with Crippen molar-refractivity contribution in [2.75, 3.05) is 26.2 Å². The third-order valence-electron chi connectivity index (χ3n) is 4.76. The van der Waals surface area contributed by atoms with Crippen molar-refractivity contribution in [1.29, 1.82) is 0 Å². The van der Waals surface area contributed by atoms with Crippen LogP contribution in [-0.4, -0.2) is 37.0 Å². The zero-order chi connectivity index (χ0) is 14.5. The van der Waals surface area contributed by atoms with E-state index in [9.17, 15) is 4.79 Å². The van der Waals surface area contributed by atoms with Crippen molar-refractivity contribution in [3.8, 4) is 0 Å². The minimum absolute atomic E-state index is 0.282. The van der Waals surface area contributed by atoms with Crippen molar-refractivity contribution in [3.05, 3.63) is 35.9 Å². The van der Waals surface area contributed by atoms with E-state index in [1.54, 1.807) is 0 Å². The first-order chi connectivity index (χ1) is 10.3. The number of hydrogen-bond acceptors (Lipinski definition) is 2. The quantitative estimate of drug-likeness (QED) is 0.902. The predicted octanol–water partition coefficient (Wildman–Crippen LogP) is 2.78. The molecule has 0 aromatic heterocycles. The number of rotatable bonds is 5. The fourth-order valence-electron chi connectivity index (χ4n) is 3.22. The van der Waals surface area contributed by atoms with Gasteiger partial charge in [-0.2, -0.15) is 0 Å². The molecule has 1 heterocycles. The Bertz CT molecular complexity index is 456. The van der Waals surface area contributed by atoms with E-state index in [1.165, 1.54) is 24.8 Å². The molecule has 1 aliphatic heterocycles. The third-order valence-corrected chi connectivity index (χ3v) is 4.76. The second-order valence-corrected chi connectivity index (χ2v) is 6.49. The van der Waals surface area contributed by atoms with Crippen LogP contribution in [0.1, 0.15) is 43.6 Å². The first-order valence-electron chi connectivity index (χ1n) is 8.36. The summed E-state index contributed by atoms with van der Waals surface area (Å²) in [5, 5.41) is 3.32. The Hall–Kier alpha value is -1.35. The Kier molecular flexibility index (Phi) is 4.91.